The topological polar surface area (TPSA) is 149 Å². The maximum Gasteiger partial charge on any atom is 0.613 e. The second-order valence-electron chi connectivity index (χ2n) is 7.03. The highest BCUT2D eigenvalue weighted by Crippen LogP contribution is 2.43. The normalized spacial score (nSPS) is 28.4. The summed E-state index contributed by atoms with van der Waals surface area (Å²) in [5, 5.41) is 12.9. The van der Waals surface area contributed by atoms with Crippen molar-refractivity contribution >= 4 is 25.7 Å². The van der Waals surface area contributed by atoms with Crippen LogP contribution in [0.5, 0.6) is 0 Å². The highest BCUT2D eigenvalue weighted by molar-refractivity contribution is 7.36. The Balaban J connectivity index is 2.00. The number of alkyl halides is 1. The number of aromatic nitrogens is 2. The third-order valence-corrected chi connectivity index (χ3v) is 5.57. The van der Waals surface area contributed by atoms with Gasteiger partial charge < -0.3 is 14.6 Å². The molecule has 6 atom stereocenters. The first kappa shape index (κ1) is 23.7. The number of esters is 1. The van der Waals surface area contributed by atoms with E-state index in [-0.39, 0.29) is 12.7 Å². The molecule has 0 spiro atoms. The molecule has 0 bridgehead atoms. The number of carbonyl (C=O) groups is 1. The van der Waals surface area contributed by atoms with Crippen molar-refractivity contribution in [2.45, 2.75) is 63.2 Å². The van der Waals surface area contributed by atoms with Gasteiger partial charge in [0, 0.05) is 12.3 Å². The summed E-state index contributed by atoms with van der Waals surface area (Å²) in [6.45, 7) is 5.98. The molecule has 2 heterocycles. The Morgan fingerprint density at radius 2 is 2.14 bits per heavy atom. The zero-order valence-electron chi connectivity index (χ0n) is 16.3. The van der Waals surface area contributed by atoms with Crippen LogP contribution in [0.3, 0.4) is 0 Å². The van der Waals surface area contributed by atoms with Crippen LogP contribution >= 0.6 is 19.8 Å². The molecule has 0 radical (unpaired) electrons. The number of H-pyrrole nitrogens is 1. The van der Waals surface area contributed by atoms with E-state index in [0.717, 1.165) is 10.6 Å². The summed E-state index contributed by atoms with van der Waals surface area (Å²) in [5.41, 5.74) is -1.34. The third kappa shape index (κ3) is 5.71. The number of carbonyl (C=O) groups excluding carboxylic acids is 1. The van der Waals surface area contributed by atoms with Crippen molar-refractivity contribution in [3.05, 3.63) is 33.1 Å². The van der Waals surface area contributed by atoms with Crippen molar-refractivity contribution in [3.8, 4) is 0 Å². The Hall–Kier alpha value is -1.62. The number of aliphatic hydroxyl groups excluding tert-OH is 1. The van der Waals surface area contributed by atoms with Gasteiger partial charge in [0.15, 0.2) is 6.23 Å². The lowest BCUT2D eigenvalue weighted by Gasteiger charge is -2.26. The summed E-state index contributed by atoms with van der Waals surface area (Å²) in [6, 6.07) is 0.244. The van der Waals surface area contributed by atoms with Gasteiger partial charge >= 0.3 is 19.8 Å². The van der Waals surface area contributed by atoms with Gasteiger partial charge in [-0.2, -0.15) is 0 Å². The van der Waals surface area contributed by atoms with Gasteiger partial charge in [-0.05, 0) is 32.3 Å². The number of aromatic amines is 1. The van der Waals surface area contributed by atoms with Crippen LogP contribution in [0.1, 0.15) is 33.9 Å². The minimum Gasteiger partial charge on any atom is -0.462 e. The molecule has 13 heteroatoms. The first-order valence-electron chi connectivity index (χ1n) is 8.84. The van der Waals surface area contributed by atoms with Crippen molar-refractivity contribution in [3.63, 3.8) is 0 Å². The van der Waals surface area contributed by atoms with E-state index in [1.807, 2.05) is 0 Å². The summed E-state index contributed by atoms with van der Waals surface area (Å²) in [4.78, 5) is 35.6. The van der Waals surface area contributed by atoms with E-state index in [9.17, 15) is 24.1 Å². The number of hydrogen-bond acceptors (Lipinski definition) is 8. The average molecular weight is 453 g/mol. The fourth-order valence-electron chi connectivity index (χ4n) is 2.69. The van der Waals surface area contributed by atoms with Crippen LogP contribution in [-0.4, -0.2) is 56.5 Å². The number of nitrogens with zero attached hydrogens (tertiary/aromatic N) is 1. The predicted octanol–water partition coefficient (Wildman–Crippen LogP) is 0.396. The first-order chi connectivity index (χ1) is 13.4. The van der Waals surface area contributed by atoms with E-state index in [4.69, 9.17) is 25.6 Å². The largest absolute Gasteiger partial charge is 0.613 e. The molecule has 1 aliphatic heterocycles. The number of rotatable bonds is 8. The summed E-state index contributed by atoms with van der Waals surface area (Å²) < 4.78 is 28.9. The minimum absolute atomic E-state index is 0.317. The van der Waals surface area contributed by atoms with Gasteiger partial charge in [-0.1, -0.05) is 5.09 Å². The molecule has 0 saturated carbocycles. The maximum absolute atomic E-state index is 12.1. The van der Waals surface area contributed by atoms with E-state index in [2.05, 4.69) is 10.1 Å². The zero-order chi connectivity index (χ0) is 21.9. The van der Waals surface area contributed by atoms with Crippen LogP contribution in [0.4, 0.5) is 0 Å². The Morgan fingerprint density at radius 1 is 1.48 bits per heavy atom. The zero-order valence-corrected chi connectivity index (χ0v) is 18.0. The SMILES string of the molecule is CC(C)OC(=O)[C@@H](C)N[P+](=O)OC[C@H]1O[C@@H](n2ccc(=O)[nH]c2=O)[C@](C)(Cl)[C@@H]1O. The van der Waals surface area contributed by atoms with Crippen molar-refractivity contribution in [2.24, 2.45) is 0 Å². The number of ether oxygens (including phenoxy) is 2. The molecule has 1 aromatic heterocycles. The number of halogens is 1. The molecule has 1 saturated heterocycles. The summed E-state index contributed by atoms with van der Waals surface area (Å²) >= 11 is 6.38. The number of aliphatic hydroxyl groups is 1. The lowest BCUT2D eigenvalue weighted by molar-refractivity contribution is -0.149. The second kappa shape index (κ2) is 9.46. The molecule has 29 heavy (non-hydrogen) atoms. The van der Waals surface area contributed by atoms with Crippen molar-refractivity contribution < 1.29 is 28.5 Å². The minimum atomic E-state index is -2.47. The molecule has 0 amide bonds. The van der Waals surface area contributed by atoms with Gasteiger partial charge in [-0.3, -0.25) is 19.1 Å². The van der Waals surface area contributed by atoms with Crippen molar-refractivity contribution in [1.29, 1.82) is 0 Å². The van der Waals surface area contributed by atoms with Gasteiger partial charge in [0.05, 0.1) is 6.10 Å². The van der Waals surface area contributed by atoms with Crippen molar-refractivity contribution in [2.75, 3.05) is 6.61 Å². The fraction of sp³-hybridized carbons (Fsp3) is 0.688. The molecule has 1 aromatic rings. The Kier molecular flexibility index (Phi) is 7.72. The highest BCUT2D eigenvalue weighted by atomic mass is 35.5. The van der Waals surface area contributed by atoms with Crippen LogP contribution in [0.2, 0.25) is 0 Å². The van der Waals surface area contributed by atoms with Gasteiger partial charge in [0.1, 0.15) is 29.7 Å². The predicted molar refractivity (Wildman–Crippen MR) is 103 cm³/mol. The van der Waals surface area contributed by atoms with Crippen LogP contribution in [0, 0.1) is 0 Å². The molecule has 1 fully saturated rings. The van der Waals surface area contributed by atoms with Crippen LogP contribution in [0.15, 0.2) is 21.9 Å². The number of nitrogens with one attached hydrogen (secondary N) is 2. The Labute approximate surface area is 172 Å². The highest BCUT2D eigenvalue weighted by Gasteiger charge is 2.54. The Morgan fingerprint density at radius 3 is 2.72 bits per heavy atom. The molecule has 1 unspecified atom stereocenters. The fourth-order valence-corrected chi connectivity index (χ4v) is 3.76. The van der Waals surface area contributed by atoms with Crippen LogP contribution in [0.25, 0.3) is 0 Å². The van der Waals surface area contributed by atoms with Crippen LogP contribution < -0.4 is 16.3 Å². The molecule has 11 nitrogen and oxygen atoms in total. The van der Waals surface area contributed by atoms with Crippen molar-refractivity contribution in [1.82, 2.24) is 14.6 Å². The van der Waals surface area contributed by atoms with Gasteiger partial charge in [0.2, 0.25) is 0 Å². The summed E-state index contributed by atoms with van der Waals surface area (Å²) in [6.07, 6.45) is -2.52. The van der Waals surface area contributed by atoms with E-state index in [1.165, 1.54) is 20.0 Å². The molecule has 1 aliphatic rings. The molecule has 0 aliphatic carbocycles. The standard InChI is InChI=1S/C16H23ClN3O8P/c1-8(2)27-13(23)9(3)19-29(25)26-7-10-12(22)16(4,17)14(28-10)20-6-5-11(21)18-15(20)24/h5-6,8-10,12,14,22H,7H2,1-4H3,(H-,18,19,21,24,25)/p+1/t9-,10-,12-,14-,16-/m1/s1. The smallest absolute Gasteiger partial charge is 0.462 e. The third-order valence-electron chi connectivity index (χ3n) is 4.18. The number of hydrogen-bond donors (Lipinski definition) is 3. The monoisotopic (exact) mass is 452 g/mol. The molecule has 2 rings (SSSR count). The average Bonchev–Trinajstić information content (AvgIpc) is 2.82. The summed E-state index contributed by atoms with van der Waals surface area (Å²) in [7, 11) is -2.47. The van der Waals surface area contributed by atoms with E-state index in [0.29, 0.717) is 0 Å². The van der Waals surface area contributed by atoms with Gasteiger partial charge in [-0.25, -0.2) is 4.79 Å². The van der Waals surface area contributed by atoms with E-state index in [1.54, 1.807) is 13.8 Å². The summed E-state index contributed by atoms with van der Waals surface area (Å²) in [5.74, 6) is -0.588. The first-order valence-corrected chi connectivity index (χ1v) is 10.4. The van der Waals surface area contributed by atoms with E-state index >= 15 is 0 Å². The van der Waals surface area contributed by atoms with Gasteiger partial charge in [-0.15, -0.1) is 16.1 Å². The maximum atomic E-state index is 12.1. The lowest BCUT2D eigenvalue weighted by Crippen LogP contribution is -2.43. The molecular formula is C16H24ClN3O8P+. The van der Waals surface area contributed by atoms with Gasteiger partial charge in [0.25, 0.3) is 5.56 Å². The molecule has 3 N–H and O–H groups in total. The Bertz CT molecular complexity index is 870. The van der Waals surface area contributed by atoms with Crippen LogP contribution in [-0.2, 0) is 23.4 Å². The van der Waals surface area contributed by atoms with E-state index < -0.39 is 54.7 Å². The second-order valence-corrected chi connectivity index (χ2v) is 8.87. The molecule has 162 valence electrons. The molecule has 0 aromatic carbocycles. The molecular weight excluding hydrogens is 429 g/mol. The quantitative estimate of drug-likeness (QED) is 0.289. The lowest BCUT2D eigenvalue weighted by atomic mass is 10.0.